The van der Waals surface area contributed by atoms with Gasteiger partial charge in [0.1, 0.15) is 0 Å². The molecule has 16 heavy (non-hydrogen) atoms. The first-order valence-corrected chi connectivity index (χ1v) is 6.63. The van der Waals surface area contributed by atoms with E-state index in [1.54, 1.807) is 0 Å². The monoisotopic (exact) mass is 226 g/mol. The van der Waals surface area contributed by atoms with E-state index in [2.05, 4.69) is 24.5 Å². The Hall–Kier alpha value is -0.570. The molecular weight excluding hydrogens is 200 g/mol. The molecule has 1 aliphatic carbocycles. The van der Waals surface area contributed by atoms with Crippen LogP contribution in [0, 0.1) is 11.8 Å². The lowest BCUT2D eigenvalue weighted by Crippen LogP contribution is -2.38. The summed E-state index contributed by atoms with van der Waals surface area (Å²) in [6, 6.07) is 0.626. The Labute approximate surface area is 99.4 Å². The van der Waals surface area contributed by atoms with Gasteiger partial charge in [-0.05, 0) is 38.0 Å². The molecule has 0 radical (unpaired) electrons. The highest BCUT2D eigenvalue weighted by molar-refractivity contribution is 5.75. The highest BCUT2D eigenvalue weighted by Gasteiger charge is 2.23. The fourth-order valence-electron chi connectivity index (χ4n) is 2.41. The lowest BCUT2D eigenvalue weighted by molar-refractivity contribution is -0.120. The minimum atomic E-state index is 0.159. The number of carbonyl (C=O) groups is 1. The standard InChI is InChI=1S/C13H26N2O/c1-4-14-13(16)7-8-15-12-6-5-10(2)11(3)9-12/h10-12,15H,4-9H2,1-3H3,(H,14,16). The van der Waals surface area contributed by atoms with Crippen molar-refractivity contribution in [2.24, 2.45) is 11.8 Å². The fourth-order valence-corrected chi connectivity index (χ4v) is 2.41. The van der Waals surface area contributed by atoms with E-state index in [0.717, 1.165) is 24.9 Å². The molecule has 3 nitrogen and oxygen atoms in total. The minimum absolute atomic E-state index is 0.159. The van der Waals surface area contributed by atoms with Gasteiger partial charge in [-0.3, -0.25) is 4.79 Å². The van der Waals surface area contributed by atoms with Crippen LogP contribution < -0.4 is 10.6 Å². The van der Waals surface area contributed by atoms with Gasteiger partial charge in [0, 0.05) is 25.6 Å². The quantitative estimate of drug-likeness (QED) is 0.752. The summed E-state index contributed by atoms with van der Waals surface area (Å²) in [5.74, 6) is 1.84. The van der Waals surface area contributed by atoms with Crippen LogP contribution in [-0.2, 0) is 4.79 Å². The minimum Gasteiger partial charge on any atom is -0.356 e. The molecule has 0 heterocycles. The van der Waals surface area contributed by atoms with Gasteiger partial charge < -0.3 is 10.6 Å². The van der Waals surface area contributed by atoms with Gasteiger partial charge in [0.05, 0.1) is 0 Å². The molecule has 1 rings (SSSR count). The molecule has 1 amide bonds. The zero-order valence-electron chi connectivity index (χ0n) is 10.9. The lowest BCUT2D eigenvalue weighted by Gasteiger charge is -2.32. The molecule has 0 bridgehead atoms. The summed E-state index contributed by atoms with van der Waals surface area (Å²) < 4.78 is 0. The van der Waals surface area contributed by atoms with Crippen LogP contribution in [0.5, 0.6) is 0 Å². The highest BCUT2D eigenvalue weighted by Crippen LogP contribution is 2.29. The first kappa shape index (κ1) is 13.5. The van der Waals surface area contributed by atoms with Crippen molar-refractivity contribution in [1.29, 1.82) is 0 Å². The Morgan fingerprint density at radius 2 is 2.00 bits per heavy atom. The van der Waals surface area contributed by atoms with Crippen molar-refractivity contribution >= 4 is 5.91 Å². The molecule has 2 N–H and O–H groups in total. The number of rotatable bonds is 5. The van der Waals surface area contributed by atoms with Crippen LogP contribution in [0.15, 0.2) is 0 Å². The van der Waals surface area contributed by atoms with Crippen LogP contribution in [0.3, 0.4) is 0 Å². The van der Waals surface area contributed by atoms with Gasteiger partial charge in [-0.2, -0.15) is 0 Å². The molecule has 0 aromatic heterocycles. The van der Waals surface area contributed by atoms with Crippen LogP contribution in [0.4, 0.5) is 0 Å². The van der Waals surface area contributed by atoms with Crippen molar-refractivity contribution in [3.63, 3.8) is 0 Å². The third-order valence-electron chi connectivity index (χ3n) is 3.76. The molecule has 0 spiro atoms. The van der Waals surface area contributed by atoms with Crippen LogP contribution in [0.1, 0.15) is 46.5 Å². The first-order valence-electron chi connectivity index (χ1n) is 6.63. The molecule has 0 aliphatic heterocycles. The number of amides is 1. The maximum atomic E-state index is 11.3. The van der Waals surface area contributed by atoms with Crippen molar-refractivity contribution in [2.75, 3.05) is 13.1 Å². The van der Waals surface area contributed by atoms with E-state index < -0.39 is 0 Å². The van der Waals surface area contributed by atoms with E-state index in [4.69, 9.17) is 0 Å². The Morgan fingerprint density at radius 1 is 1.25 bits per heavy atom. The van der Waals surface area contributed by atoms with Crippen LogP contribution in [-0.4, -0.2) is 25.0 Å². The van der Waals surface area contributed by atoms with Crippen molar-refractivity contribution in [1.82, 2.24) is 10.6 Å². The van der Waals surface area contributed by atoms with E-state index >= 15 is 0 Å². The van der Waals surface area contributed by atoms with E-state index in [0.29, 0.717) is 12.5 Å². The normalized spacial score (nSPS) is 30.1. The highest BCUT2D eigenvalue weighted by atomic mass is 16.1. The predicted molar refractivity (Wildman–Crippen MR) is 67.3 cm³/mol. The lowest BCUT2D eigenvalue weighted by atomic mass is 9.79. The van der Waals surface area contributed by atoms with Crippen LogP contribution in [0.2, 0.25) is 0 Å². The van der Waals surface area contributed by atoms with Gasteiger partial charge in [-0.15, -0.1) is 0 Å². The van der Waals surface area contributed by atoms with E-state index in [-0.39, 0.29) is 5.91 Å². The van der Waals surface area contributed by atoms with Crippen molar-refractivity contribution in [3.8, 4) is 0 Å². The molecule has 1 fully saturated rings. The number of hydrogen-bond donors (Lipinski definition) is 2. The third kappa shape index (κ3) is 4.52. The summed E-state index contributed by atoms with van der Waals surface area (Å²) in [6.45, 7) is 8.18. The van der Waals surface area contributed by atoms with Crippen LogP contribution >= 0.6 is 0 Å². The molecule has 1 saturated carbocycles. The molecule has 0 aromatic carbocycles. The van der Waals surface area contributed by atoms with Gasteiger partial charge in [0.2, 0.25) is 5.91 Å². The van der Waals surface area contributed by atoms with Crippen molar-refractivity contribution in [2.45, 2.75) is 52.5 Å². The summed E-state index contributed by atoms with van der Waals surface area (Å²) in [6.07, 6.45) is 4.45. The zero-order valence-corrected chi connectivity index (χ0v) is 10.9. The summed E-state index contributed by atoms with van der Waals surface area (Å²) in [7, 11) is 0. The number of hydrogen-bond acceptors (Lipinski definition) is 2. The number of nitrogens with one attached hydrogen (secondary N) is 2. The van der Waals surface area contributed by atoms with Crippen LogP contribution in [0.25, 0.3) is 0 Å². The Morgan fingerprint density at radius 3 is 2.62 bits per heavy atom. The molecule has 0 saturated heterocycles. The second-order valence-electron chi connectivity index (χ2n) is 5.12. The molecule has 3 atom stereocenters. The smallest absolute Gasteiger partial charge is 0.221 e. The van der Waals surface area contributed by atoms with E-state index in [1.807, 2.05) is 6.92 Å². The Balaban J connectivity index is 2.12. The van der Waals surface area contributed by atoms with E-state index in [9.17, 15) is 4.79 Å². The van der Waals surface area contributed by atoms with E-state index in [1.165, 1.54) is 19.3 Å². The van der Waals surface area contributed by atoms with Gasteiger partial charge in [0.15, 0.2) is 0 Å². The average molecular weight is 226 g/mol. The summed E-state index contributed by atoms with van der Waals surface area (Å²) >= 11 is 0. The SMILES string of the molecule is CCNC(=O)CCNC1CCC(C)C(C)C1. The summed E-state index contributed by atoms with van der Waals surface area (Å²) in [5.41, 5.74) is 0. The average Bonchev–Trinajstić information content (AvgIpc) is 2.24. The maximum Gasteiger partial charge on any atom is 0.221 e. The molecule has 3 heteroatoms. The first-order chi connectivity index (χ1) is 7.63. The second kappa shape index (κ2) is 6.89. The fraction of sp³-hybridized carbons (Fsp3) is 0.923. The second-order valence-corrected chi connectivity index (χ2v) is 5.12. The Bertz CT molecular complexity index is 218. The molecule has 1 aliphatic rings. The number of carbonyl (C=O) groups excluding carboxylic acids is 1. The molecule has 94 valence electrons. The van der Waals surface area contributed by atoms with Gasteiger partial charge in [-0.25, -0.2) is 0 Å². The van der Waals surface area contributed by atoms with Gasteiger partial charge >= 0.3 is 0 Å². The van der Waals surface area contributed by atoms with Gasteiger partial charge in [0.25, 0.3) is 0 Å². The third-order valence-corrected chi connectivity index (χ3v) is 3.76. The van der Waals surface area contributed by atoms with Crippen molar-refractivity contribution in [3.05, 3.63) is 0 Å². The molecular formula is C13H26N2O. The Kier molecular flexibility index (Phi) is 5.81. The summed E-state index contributed by atoms with van der Waals surface area (Å²) in [5, 5.41) is 6.32. The largest absolute Gasteiger partial charge is 0.356 e. The maximum absolute atomic E-state index is 11.3. The zero-order chi connectivity index (χ0) is 12.0. The molecule has 3 unspecified atom stereocenters. The molecule has 0 aromatic rings. The predicted octanol–water partition coefficient (Wildman–Crippen LogP) is 1.93. The summed E-state index contributed by atoms with van der Waals surface area (Å²) in [4.78, 5) is 11.3. The topological polar surface area (TPSA) is 41.1 Å². The van der Waals surface area contributed by atoms with Gasteiger partial charge in [-0.1, -0.05) is 13.8 Å². The van der Waals surface area contributed by atoms with Crippen molar-refractivity contribution < 1.29 is 4.79 Å².